The van der Waals surface area contributed by atoms with Gasteiger partial charge in [-0.25, -0.2) is 0 Å². The van der Waals surface area contributed by atoms with Crippen LogP contribution in [0.25, 0.3) is 0 Å². The third kappa shape index (κ3) is 3.30. The Kier molecular flexibility index (Phi) is 4.38. The van der Waals surface area contributed by atoms with Crippen LogP contribution in [0.15, 0.2) is 78.9 Å². The minimum Gasteiger partial charge on any atom is -0.310 e. The fourth-order valence-corrected chi connectivity index (χ4v) is 2.55. The van der Waals surface area contributed by atoms with Crippen LogP contribution in [0.5, 0.6) is 0 Å². The largest absolute Gasteiger partial charge is 0.348 e. The average molecular weight is 335 g/mol. The Balaban J connectivity index is 2.19. The number of nitro benzene ring substituents is 2. The van der Waals surface area contributed by atoms with Crippen molar-refractivity contribution in [3.8, 4) is 0 Å². The zero-order valence-electron chi connectivity index (χ0n) is 13.0. The van der Waals surface area contributed by atoms with Crippen LogP contribution in [0, 0.1) is 20.2 Å². The predicted molar refractivity (Wildman–Crippen MR) is 94.4 cm³/mol. The van der Waals surface area contributed by atoms with Gasteiger partial charge >= 0.3 is 11.4 Å². The molecule has 0 fully saturated rings. The molecule has 0 aliphatic carbocycles. The number of benzene rings is 3. The Bertz CT molecular complexity index is 875. The molecule has 0 bridgehead atoms. The molecule has 3 rings (SSSR count). The van der Waals surface area contributed by atoms with Gasteiger partial charge in [-0.3, -0.25) is 20.2 Å². The van der Waals surface area contributed by atoms with Crippen LogP contribution >= 0.6 is 0 Å². The van der Waals surface area contributed by atoms with Crippen LogP contribution in [0.4, 0.5) is 28.4 Å². The highest BCUT2D eigenvalue weighted by Crippen LogP contribution is 2.38. The number of hydrogen-bond acceptors (Lipinski definition) is 5. The van der Waals surface area contributed by atoms with Crippen LogP contribution in [0.3, 0.4) is 0 Å². The van der Waals surface area contributed by atoms with Gasteiger partial charge in [-0.1, -0.05) is 36.4 Å². The molecule has 0 aliphatic rings. The molecule has 0 saturated heterocycles. The summed E-state index contributed by atoms with van der Waals surface area (Å²) in [6.45, 7) is 0. The van der Waals surface area contributed by atoms with E-state index in [2.05, 4.69) is 0 Å². The van der Waals surface area contributed by atoms with E-state index in [0.717, 1.165) is 17.4 Å². The lowest BCUT2D eigenvalue weighted by Crippen LogP contribution is -2.10. The molecule has 0 spiro atoms. The molecule has 0 radical (unpaired) electrons. The summed E-state index contributed by atoms with van der Waals surface area (Å²) >= 11 is 0. The molecule has 124 valence electrons. The highest BCUT2D eigenvalue weighted by molar-refractivity contribution is 5.78. The lowest BCUT2D eigenvalue weighted by Gasteiger charge is -2.25. The summed E-state index contributed by atoms with van der Waals surface area (Å²) in [5.74, 6) is 0. The molecule has 7 heteroatoms. The first-order valence-corrected chi connectivity index (χ1v) is 7.41. The summed E-state index contributed by atoms with van der Waals surface area (Å²) in [4.78, 5) is 22.6. The Labute approximate surface area is 143 Å². The Morgan fingerprint density at radius 3 is 1.52 bits per heavy atom. The summed E-state index contributed by atoms with van der Waals surface area (Å²) in [6.07, 6.45) is 0. The number of nitrogens with zero attached hydrogens (tertiary/aromatic N) is 3. The van der Waals surface area contributed by atoms with Gasteiger partial charge in [0, 0.05) is 23.5 Å². The van der Waals surface area contributed by atoms with Gasteiger partial charge in [-0.15, -0.1) is 0 Å². The third-order valence-electron chi connectivity index (χ3n) is 3.64. The van der Waals surface area contributed by atoms with Crippen LogP contribution in [0.2, 0.25) is 0 Å². The quantitative estimate of drug-likeness (QED) is 0.485. The lowest BCUT2D eigenvalue weighted by atomic mass is 10.1. The van der Waals surface area contributed by atoms with Crippen LogP contribution in [-0.4, -0.2) is 9.85 Å². The Hall–Kier alpha value is -3.74. The summed E-state index contributed by atoms with van der Waals surface area (Å²) in [6, 6.07) is 22.5. The van der Waals surface area contributed by atoms with Crippen LogP contribution < -0.4 is 4.90 Å². The standard InChI is InChI=1S/C18H13N3O4/c22-20(23)17-12-11-16(13-18(17)21(24)25)19(14-7-3-1-4-8-14)15-9-5-2-6-10-15/h1-13H. The third-order valence-corrected chi connectivity index (χ3v) is 3.64. The van der Waals surface area contributed by atoms with Crippen LogP contribution in [-0.2, 0) is 0 Å². The summed E-state index contributed by atoms with van der Waals surface area (Å²) in [7, 11) is 0. The second-order valence-electron chi connectivity index (χ2n) is 5.19. The first kappa shape index (κ1) is 16.1. The lowest BCUT2D eigenvalue weighted by molar-refractivity contribution is -0.422. The molecule has 25 heavy (non-hydrogen) atoms. The Morgan fingerprint density at radius 2 is 1.08 bits per heavy atom. The molecule has 3 aromatic rings. The van der Waals surface area contributed by atoms with Crippen molar-refractivity contribution in [3.63, 3.8) is 0 Å². The molecular weight excluding hydrogens is 322 g/mol. The summed E-state index contributed by atoms with van der Waals surface area (Å²) in [5, 5.41) is 22.3. The van der Waals surface area contributed by atoms with Crippen molar-refractivity contribution in [3.05, 3.63) is 99.1 Å². The first-order valence-electron chi connectivity index (χ1n) is 7.41. The van der Waals surface area contributed by atoms with Gasteiger partial charge in [0.1, 0.15) is 0 Å². The molecule has 0 saturated carbocycles. The fourth-order valence-electron chi connectivity index (χ4n) is 2.55. The Morgan fingerprint density at radius 1 is 0.600 bits per heavy atom. The van der Waals surface area contributed by atoms with E-state index in [-0.39, 0.29) is 0 Å². The topological polar surface area (TPSA) is 89.5 Å². The van der Waals surface area contributed by atoms with E-state index < -0.39 is 21.2 Å². The second kappa shape index (κ2) is 6.79. The van der Waals surface area contributed by atoms with E-state index >= 15 is 0 Å². The zero-order valence-corrected chi connectivity index (χ0v) is 13.0. The number of rotatable bonds is 5. The zero-order chi connectivity index (χ0) is 17.8. The number of anilines is 3. The average Bonchev–Trinajstić information content (AvgIpc) is 2.63. The number of hydrogen-bond donors (Lipinski definition) is 0. The molecular formula is C18H13N3O4. The molecule has 7 nitrogen and oxygen atoms in total. The minimum absolute atomic E-state index is 0.467. The smallest absolute Gasteiger partial charge is 0.310 e. The van der Waals surface area contributed by atoms with Crippen molar-refractivity contribution < 1.29 is 9.85 Å². The second-order valence-corrected chi connectivity index (χ2v) is 5.19. The number of para-hydroxylation sites is 2. The van der Waals surface area contributed by atoms with Crippen molar-refractivity contribution >= 4 is 28.4 Å². The van der Waals surface area contributed by atoms with Gasteiger partial charge in [-0.05, 0) is 30.3 Å². The molecule has 0 N–H and O–H groups in total. The number of nitro groups is 2. The molecule has 0 unspecified atom stereocenters. The van der Waals surface area contributed by atoms with Crippen molar-refractivity contribution in [1.82, 2.24) is 0 Å². The molecule has 0 aromatic heterocycles. The van der Waals surface area contributed by atoms with Crippen molar-refractivity contribution in [2.45, 2.75) is 0 Å². The maximum atomic E-state index is 11.3. The molecule has 0 aliphatic heterocycles. The summed E-state index contributed by atoms with van der Waals surface area (Å²) in [5.41, 5.74) is 0.970. The highest BCUT2D eigenvalue weighted by Gasteiger charge is 2.26. The van der Waals surface area contributed by atoms with Gasteiger partial charge in [0.05, 0.1) is 15.5 Å². The first-order chi connectivity index (χ1) is 12.1. The fraction of sp³-hybridized carbons (Fsp3) is 0. The molecule has 0 atom stereocenters. The van der Waals surface area contributed by atoms with E-state index in [1.165, 1.54) is 12.1 Å². The SMILES string of the molecule is O=[N+]([O-])c1ccc(N(c2ccccc2)c2ccccc2)cc1[N+](=O)[O-]. The highest BCUT2D eigenvalue weighted by atomic mass is 16.6. The minimum atomic E-state index is -0.753. The summed E-state index contributed by atoms with van der Waals surface area (Å²) < 4.78 is 0. The van der Waals surface area contributed by atoms with Gasteiger partial charge in [0.15, 0.2) is 0 Å². The van der Waals surface area contributed by atoms with Gasteiger partial charge in [0.25, 0.3) is 0 Å². The predicted octanol–water partition coefficient (Wildman–Crippen LogP) is 4.97. The molecule has 3 aromatic carbocycles. The maximum absolute atomic E-state index is 11.3. The van der Waals surface area contributed by atoms with Gasteiger partial charge in [-0.2, -0.15) is 0 Å². The van der Waals surface area contributed by atoms with E-state index in [4.69, 9.17) is 0 Å². The van der Waals surface area contributed by atoms with Gasteiger partial charge in [0.2, 0.25) is 0 Å². The van der Waals surface area contributed by atoms with E-state index in [1.807, 2.05) is 60.7 Å². The van der Waals surface area contributed by atoms with Crippen molar-refractivity contribution in [2.24, 2.45) is 0 Å². The van der Waals surface area contributed by atoms with E-state index in [1.54, 1.807) is 4.90 Å². The van der Waals surface area contributed by atoms with Crippen molar-refractivity contribution in [2.75, 3.05) is 4.90 Å². The van der Waals surface area contributed by atoms with E-state index in [0.29, 0.717) is 5.69 Å². The van der Waals surface area contributed by atoms with Crippen LogP contribution in [0.1, 0.15) is 0 Å². The van der Waals surface area contributed by atoms with E-state index in [9.17, 15) is 20.2 Å². The van der Waals surface area contributed by atoms with Gasteiger partial charge < -0.3 is 4.90 Å². The monoisotopic (exact) mass is 335 g/mol. The maximum Gasteiger partial charge on any atom is 0.348 e. The van der Waals surface area contributed by atoms with Crippen molar-refractivity contribution in [1.29, 1.82) is 0 Å². The molecule has 0 heterocycles. The molecule has 0 amide bonds. The normalized spacial score (nSPS) is 10.2.